The highest BCUT2D eigenvalue weighted by Crippen LogP contribution is 2.27. The van der Waals surface area contributed by atoms with E-state index in [1.165, 1.54) is 0 Å². The van der Waals surface area contributed by atoms with E-state index in [4.69, 9.17) is 10.5 Å². The molecule has 1 saturated carbocycles. The van der Waals surface area contributed by atoms with Crippen molar-refractivity contribution in [2.45, 2.75) is 52.6 Å². The molecule has 1 aliphatic carbocycles. The third-order valence-corrected chi connectivity index (χ3v) is 4.07. The summed E-state index contributed by atoms with van der Waals surface area (Å²) in [5.41, 5.74) is 9.05. The second kappa shape index (κ2) is 5.64. The molecular formula is C16H23NO2. The molecule has 2 N–H and O–H groups in total. The minimum atomic E-state index is -0.233. The molecule has 1 fully saturated rings. The summed E-state index contributed by atoms with van der Waals surface area (Å²) in [7, 11) is 0. The zero-order chi connectivity index (χ0) is 14.0. The van der Waals surface area contributed by atoms with Crippen LogP contribution in [0, 0.1) is 19.8 Å². The van der Waals surface area contributed by atoms with E-state index in [0.29, 0.717) is 11.3 Å². The Morgan fingerprint density at radius 2 is 1.79 bits per heavy atom. The molecule has 1 aromatic carbocycles. The van der Waals surface area contributed by atoms with E-state index >= 15 is 0 Å². The van der Waals surface area contributed by atoms with Crippen molar-refractivity contribution in [3.05, 3.63) is 28.8 Å². The molecule has 0 atom stereocenters. The Morgan fingerprint density at radius 1 is 1.16 bits per heavy atom. The second-order valence-electron chi connectivity index (χ2n) is 5.81. The molecule has 1 aromatic rings. The molecule has 0 heterocycles. The zero-order valence-electron chi connectivity index (χ0n) is 12.0. The molecule has 0 aromatic heterocycles. The summed E-state index contributed by atoms with van der Waals surface area (Å²) < 4.78 is 5.61. The lowest BCUT2D eigenvalue weighted by Gasteiger charge is -2.26. The van der Waals surface area contributed by atoms with Gasteiger partial charge in [-0.2, -0.15) is 0 Å². The Bertz CT molecular complexity index is 474. The average Bonchev–Trinajstić information content (AvgIpc) is 2.36. The topological polar surface area (TPSA) is 52.3 Å². The molecule has 2 rings (SSSR count). The number of rotatable bonds is 2. The van der Waals surface area contributed by atoms with Gasteiger partial charge in [0.2, 0.25) is 0 Å². The Hall–Kier alpha value is -1.51. The first-order valence-corrected chi connectivity index (χ1v) is 7.05. The van der Waals surface area contributed by atoms with Gasteiger partial charge >= 0.3 is 5.97 Å². The van der Waals surface area contributed by atoms with Crippen LogP contribution in [-0.2, 0) is 4.74 Å². The van der Waals surface area contributed by atoms with Gasteiger partial charge in [0.25, 0.3) is 0 Å². The second-order valence-corrected chi connectivity index (χ2v) is 5.81. The summed E-state index contributed by atoms with van der Waals surface area (Å²) >= 11 is 0. The fourth-order valence-corrected chi connectivity index (χ4v) is 2.65. The summed E-state index contributed by atoms with van der Waals surface area (Å²) in [4.78, 5) is 12.2. The lowest BCUT2D eigenvalue weighted by Crippen LogP contribution is -2.24. The predicted octanol–water partition coefficient (Wildman–Crippen LogP) is 3.62. The van der Waals surface area contributed by atoms with Gasteiger partial charge in [0.05, 0.1) is 5.56 Å². The number of anilines is 1. The monoisotopic (exact) mass is 261 g/mol. The number of carbonyl (C=O) groups excluding carboxylic acids is 1. The van der Waals surface area contributed by atoms with E-state index in [-0.39, 0.29) is 12.1 Å². The Morgan fingerprint density at radius 3 is 2.42 bits per heavy atom. The normalized spacial score (nSPS) is 23.1. The van der Waals surface area contributed by atoms with Crippen molar-refractivity contribution in [3.8, 4) is 0 Å². The van der Waals surface area contributed by atoms with E-state index in [9.17, 15) is 4.79 Å². The molecule has 0 saturated heterocycles. The van der Waals surface area contributed by atoms with Gasteiger partial charge in [-0.3, -0.25) is 0 Å². The SMILES string of the molecule is Cc1cc(C)c(C(=O)OC2CCC(C)CC2)cc1N. The lowest BCUT2D eigenvalue weighted by molar-refractivity contribution is 0.0173. The number of ether oxygens (including phenoxy) is 1. The van der Waals surface area contributed by atoms with Crippen LogP contribution in [0.5, 0.6) is 0 Å². The molecule has 0 radical (unpaired) electrons. The van der Waals surface area contributed by atoms with Crippen molar-refractivity contribution >= 4 is 11.7 Å². The molecule has 19 heavy (non-hydrogen) atoms. The zero-order valence-corrected chi connectivity index (χ0v) is 12.0. The van der Waals surface area contributed by atoms with Gasteiger partial charge < -0.3 is 10.5 Å². The van der Waals surface area contributed by atoms with Crippen molar-refractivity contribution in [2.24, 2.45) is 5.92 Å². The Balaban J connectivity index is 2.06. The summed E-state index contributed by atoms with van der Waals surface area (Å²) in [6.45, 7) is 6.12. The van der Waals surface area contributed by atoms with Crippen molar-refractivity contribution in [2.75, 3.05) is 5.73 Å². The van der Waals surface area contributed by atoms with Gasteiger partial charge in [0, 0.05) is 5.69 Å². The van der Waals surface area contributed by atoms with Crippen LogP contribution < -0.4 is 5.73 Å². The molecule has 0 aliphatic heterocycles. The number of hydrogen-bond acceptors (Lipinski definition) is 3. The van der Waals surface area contributed by atoms with Gasteiger partial charge in [-0.05, 0) is 62.6 Å². The molecule has 3 nitrogen and oxygen atoms in total. The maximum absolute atomic E-state index is 12.2. The van der Waals surface area contributed by atoms with Crippen LogP contribution in [0.1, 0.15) is 54.1 Å². The predicted molar refractivity (Wildman–Crippen MR) is 77.2 cm³/mol. The van der Waals surface area contributed by atoms with Gasteiger partial charge in [0.1, 0.15) is 6.10 Å². The number of nitrogens with two attached hydrogens (primary N) is 1. The van der Waals surface area contributed by atoms with Gasteiger partial charge in [-0.15, -0.1) is 0 Å². The van der Waals surface area contributed by atoms with Crippen LogP contribution >= 0.6 is 0 Å². The molecule has 0 bridgehead atoms. The third-order valence-electron chi connectivity index (χ3n) is 4.07. The minimum absolute atomic E-state index is 0.0747. The van der Waals surface area contributed by atoms with Crippen LogP contribution in [0.25, 0.3) is 0 Å². The van der Waals surface area contributed by atoms with Gasteiger partial charge in [-0.1, -0.05) is 13.0 Å². The van der Waals surface area contributed by atoms with Crippen molar-refractivity contribution in [1.82, 2.24) is 0 Å². The van der Waals surface area contributed by atoms with E-state index < -0.39 is 0 Å². The van der Waals surface area contributed by atoms with Gasteiger partial charge in [-0.25, -0.2) is 4.79 Å². The molecule has 3 heteroatoms. The van der Waals surface area contributed by atoms with Crippen LogP contribution in [0.2, 0.25) is 0 Å². The summed E-state index contributed by atoms with van der Waals surface area (Å²) in [5.74, 6) is 0.524. The highest BCUT2D eigenvalue weighted by molar-refractivity contribution is 5.92. The fraction of sp³-hybridized carbons (Fsp3) is 0.562. The Labute approximate surface area is 115 Å². The number of aryl methyl sites for hydroxylation is 2. The molecule has 0 spiro atoms. The summed E-state index contributed by atoms with van der Waals surface area (Å²) in [6, 6.07) is 3.67. The largest absolute Gasteiger partial charge is 0.459 e. The number of esters is 1. The first-order chi connectivity index (χ1) is 8.97. The number of benzene rings is 1. The lowest BCUT2D eigenvalue weighted by atomic mass is 9.89. The van der Waals surface area contributed by atoms with Gasteiger partial charge in [0.15, 0.2) is 0 Å². The van der Waals surface area contributed by atoms with Crippen LogP contribution in [-0.4, -0.2) is 12.1 Å². The van der Waals surface area contributed by atoms with Crippen molar-refractivity contribution in [3.63, 3.8) is 0 Å². The van der Waals surface area contributed by atoms with E-state index in [0.717, 1.165) is 42.7 Å². The van der Waals surface area contributed by atoms with E-state index in [2.05, 4.69) is 6.92 Å². The molecule has 1 aliphatic rings. The maximum atomic E-state index is 12.2. The van der Waals surface area contributed by atoms with Crippen molar-refractivity contribution in [1.29, 1.82) is 0 Å². The first kappa shape index (κ1) is 13.9. The summed E-state index contributed by atoms with van der Waals surface area (Å²) in [6.07, 6.45) is 4.33. The summed E-state index contributed by atoms with van der Waals surface area (Å²) in [5, 5.41) is 0. The Kier molecular flexibility index (Phi) is 4.13. The first-order valence-electron chi connectivity index (χ1n) is 7.05. The molecule has 0 amide bonds. The molecule has 104 valence electrons. The standard InChI is InChI=1S/C16H23NO2/c1-10-4-6-13(7-5-10)19-16(18)14-9-15(17)12(3)8-11(14)2/h8-10,13H,4-7,17H2,1-3H3. The molecular weight excluding hydrogens is 238 g/mol. The van der Waals surface area contributed by atoms with E-state index in [1.807, 2.05) is 19.9 Å². The quantitative estimate of drug-likeness (QED) is 0.653. The van der Waals surface area contributed by atoms with Crippen LogP contribution in [0.4, 0.5) is 5.69 Å². The van der Waals surface area contributed by atoms with Crippen LogP contribution in [0.3, 0.4) is 0 Å². The smallest absolute Gasteiger partial charge is 0.338 e. The average molecular weight is 261 g/mol. The number of hydrogen-bond donors (Lipinski definition) is 1. The van der Waals surface area contributed by atoms with Crippen LogP contribution in [0.15, 0.2) is 12.1 Å². The minimum Gasteiger partial charge on any atom is -0.459 e. The highest BCUT2D eigenvalue weighted by atomic mass is 16.5. The number of carbonyl (C=O) groups is 1. The molecule has 0 unspecified atom stereocenters. The maximum Gasteiger partial charge on any atom is 0.338 e. The fourth-order valence-electron chi connectivity index (χ4n) is 2.65. The van der Waals surface area contributed by atoms with E-state index in [1.54, 1.807) is 6.07 Å². The highest BCUT2D eigenvalue weighted by Gasteiger charge is 2.23. The third kappa shape index (κ3) is 3.28. The number of nitrogen functional groups attached to an aromatic ring is 1. The van der Waals surface area contributed by atoms with Crippen molar-refractivity contribution < 1.29 is 9.53 Å².